The molecule has 2 aromatic carbocycles. The lowest BCUT2D eigenvalue weighted by Crippen LogP contribution is -2.03. The number of nitrogens with zero attached hydrogens (tertiary/aromatic N) is 2. The first-order valence-corrected chi connectivity index (χ1v) is 7.54. The monoisotopic (exact) mass is 368 g/mol. The van der Waals surface area contributed by atoms with Crippen molar-refractivity contribution in [1.82, 2.24) is 9.55 Å². The fourth-order valence-electron chi connectivity index (χ4n) is 2.28. The Morgan fingerprint density at radius 1 is 1.33 bits per heavy atom. The second-order valence-corrected chi connectivity index (χ2v) is 5.54. The zero-order valence-electron chi connectivity index (χ0n) is 11.1. The van der Waals surface area contributed by atoms with Crippen LogP contribution in [0.1, 0.15) is 5.82 Å². The molecule has 3 aromatic rings. The van der Waals surface area contributed by atoms with Crippen LogP contribution in [0.25, 0.3) is 16.7 Å². The Bertz CT molecular complexity index is 799. The third kappa shape index (κ3) is 2.40. The predicted octanol–water partition coefficient (Wildman–Crippen LogP) is 4.67. The van der Waals surface area contributed by atoms with Gasteiger partial charge in [0.15, 0.2) is 0 Å². The number of fused-ring (bicyclic) bond motifs is 1. The van der Waals surface area contributed by atoms with Crippen LogP contribution in [0.3, 0.4) is 0 Å². The highest BCUT2D eigenvalue weighted by Crippen LogP contribution is 2.31. The van der Waals surface area contributed by atoms with E-state index in [2.05, 4.69) is 20.9 Å². The van der Waals surface area contributed by atoms with E-state index in [0.29, 0.717) is 27.3 Å². The van der Waals surface area contributed by atoms with Crippen molar-refractivity contribution >= 4 is 38.6 Å². The topological polar surface area (TPSA) is 27.1 Å². The van der Waals surface area contributed by atoms with Gasteiger partial charge in [0.05, 0.1) is 29.7 Å². The van der Waals surface area contributed by atoms with Crippen molar-refractivity contribution in [2.45, 2.75) is 5.88 Å². The number of imidazole rings is 1. The van der Waals surface area contributed by atoms with Gasteiger partial charge in [-0.1, -0.05) is 6.07 Å². The zero-order valence-corrected chi connectivity index (χ0v) is 13.4. The van der Waals surface area contributed by atoms with Gasteiger partial charge < -0.3 is 4.74 Å². The van der Waals surface area contributed by atoms with Gasteiger partial charge in [0.2, 0.25) is 0 Å². The van der Waals surface area contributed by atoms with E-state index in [1.807, 2.05) is 12.1 Å². The summed E-state index contributed by atoms with van der Waals surface area (Å²) in [4.78, 5) is 4.46. The lowest BCUT2D eigenvalue weighted by atomic mass is 10.2. The number of benzene rings is 2. The van der Waals surface area contributed by atoms with Crippen molar-refractivity contribution in [1.29, 1.82) is 0 Å². The highest BCUT2D eigenvalue weighted by molar-refractivity contribution is 9.10. The molecule has 0 saturated carbocycles. The lowest BCUT2D eigenvalue weighted by Gasteiger charge is -2.11. The molecule has 3 nitrogen and oxygen atoms in total. The second-order valence-electron chi connectivity index (χ2n) is 4.42. The van der Waals surface area contributed by atoms with Gasteiger partial charge in [-0.2, -0.15) is 0 Å². The first kappa shape index (κ1) is 14.4. The van der Waals surface area contributed by atoms with Crippen LogP contribution in [-0.2, 0) is 5.88 Å². The van der Waals surface area contributed by atoms with E-state index in [1.165, 1.54) is 6.07 Å². The third-order valence-corrected chi connectivity index (χ3v) is 4.09. The molecule has 0 bridgehead atoms. The van der Waals surface area contributed by atoms with E-state index in [0.717, 1.165) is 5.52 Å². The number of hydrogen-bond acceptors (Lipinski definition) is 2. The van der Waals surface area contributed by atoms with Crippen LogP contribution >= 0.6 is 27.5 Å². The molecule has 0 unspecified atom stereocenters. The highest BCUT2D eigenvalue weighted by atomic mass is 79.9. The summed E-state index contributed by atoms with van der Waals surface area (Å²) in [5.41, 5.74) is 1.89. The zero-order chi connectivity index (χ0) is 15.0. The molecule has 21 heavy (non-hydrogen) atoms. The molecular formula is C15H11BrClFN2O. The quantitative estimate of drug-likeness (QED) is 0.627. The van der Waals surface area contributed by atoms with E-state index in [-0.39, 0.29) is 11.7 Å². The van der Waals surface area contributed by atoms with Crippen LogP contribution in [0.5, 0.6) is 5.75 Å². The molecule has 6 heteroatoms. The molecule has 108 valence electrons. The fourth-order valence-corrected chi connectivity index (χ4v) is 2.98. The molecule has 1 aromatic heterocycles. The molecule has 0 atom stereocenters. The maximum Gasteiger partial charge on any atom is 0.148 e. The molecule has 0 aliphatic rings. The summed E-state index contributed by atoms with van der Waals surface area (Å²) >= 11 is 9.37. The summed E-state index contributed by atoms with van der Waals surface area (Å²) in [7, 11) is 1.59. The molecule has 1 heterocycles. The fraction of sp³-hybridized carbons (Fsp3) is 0.133. The van der Waals surface area contributed by atoms with Crippen molar-refractivity contribution in [3.05, 3.63) is 52.5 Å². The van der Waals surface area contributed by atoms with Gasteiger partial charge in [-0.3, -0.25) is 4.57 Å². The van der Waals surface area contributed by atoms with E-state index >= 15 is 0 Å². The van der Waals surface area contributed by atoms with Crippen LogP contribution in [-0.4, -0.2) is 16.7 Å². The number of ether oxygens (including phenoxy) is 1. The average molecular weight is 370 g/mol. The Hall–Kier alpha value is -1.59. The molecule has 0 fully saturated rings. The van der Waals surface area contributed by atoms with Crippen molar-refractivity contribution in [3.63, 3.8) is 0 Å². The van der Waals surface area contributed by atoms with Gasteiger partial charge >= 0.3 is 0 Å². The van der Waals surface area contributed by atoms with Crippen molar-refractivity contribution in [2.24, 2.45) is 0 Å². The van der Waals surface area contributed by atoms with E-state index in [4.69, 9.17) is 16.3 Å². The van der Waals surface area contributed by atoms with Gasteiger partial charge in [-0.05, 0) is 40.2 Å². The molecule has 0 amide bonds. The summed E-state index contributed by atoms with van der Waals surface area (Å²) in [6, 6.07) is 10.3. The number of para-hydroxylation sites is 1. The van der Waals surface area contributed by atoms with Crippen LogP contribution in [0.4, 0.5) is 4.39 Å². The molecule has 0 spiro atoms. The molecule has 0 aliphatic heterocycles. The number of alkyl halides is 1. The van der Waals surface area contributed by atoms with Gasteiger partial charge in [-0.25, -0.2) is 9.37 Å². The Morgan fingerprint density at radius 3 is 2.81 bits per heavy atom. The number of rotatable bonds is 3. The summed E-state index contributed by atoms with van der Waals surface area (Å²) in [6.07, 6.45) is 0. The molecule has 0 saturated heterocycles. The Morgan fingerprint density at radius 2 is 2.14 bits per heavy atom. The van der Waals surface area contributed by atoms with Gasteiger partial charge in [0, 0.05) is 10.5 Å². The second kappa shape index (κ2) is 5.66. The third-order valence-electron chi connectivity index (χ3n) is 3.21. The largest absolute Gasteiger partial charge is 0.497 e. The highest BCUT2D eigenvalue weighted by Gasteiger charge is 2.17. The van der Waals surface area contributed by atoms with Crippen LogP contribution in [0, 0.1) is 5.82 Å². The normalized spacial score (nSPS) is 11.0. The first-order chi connectivity index (χ1) is 10.2. The Kier molecular flexibility index (Phi) is 3.87. The first-order valence-electron chi connectivity index (χ1n) is 6.21. The molecule has 3 rings (SSSR count). The number of halogens is 3. The summed E-state index contributed by atoms with van der Waals surface area (Å²) in [5, 5.41) is 0. The minimum atomic E-state index is -0.342. The minimum Gasteiger partial charge on any atom is -0.497 e. The molecule has 0 radical (unpaired) electrons. The smallest absolute Gasteiger partial charge is 0.148 e. The molecule has 0 N–H and O–H groups in total. The van der Waals surface area contributed by atoms with Crippen molar-refractivity contribution < 1.29 is 9.13 Å². The summed E-state index contributed by atoms with van der Waals surface area (Å²) in [5.74, 6) is 1.11. The van der Waals surface area contributed by atoms with Crippen LogP contribution < -0.4 is 4.74 Å². The Balaban J connectivity index is 2.36. The van der Waals surface area contributed by atoms with Crippen LogP contribution in [0.2, 0.25) is 0 Å². The van der Waals surface area contributed by atoms with Crippen LogP contribution in [0.15, 0.2) is 40.9 Å². The van der Waals surface area contributed by atoms with Crippen molar-refractivity contribution in [2.75, 3.05) is 7.11 Å². The van der Waals surface area contributed by atoms with Crippen molar-refractivity contribution in [3.8, 4) is 11.4 Å². The number of methoxy groups -OCH3 is 1. The van der Waals surface area contributed by atoms with E-state index in [9.17, 15) is 4.39 Å². The minimum absolute atomic E-state index is 0.178. The summed E-state index contributed by atoms with van der Waals surface area (Å²) < 4.78 is 21.8. The van der Waals surface area contributed by atoms with Gasteiger partial charge in [0.1, 0.15) is 17.4 Å². The maximum absolute atomic E-state index is 14.3. The average Bonchev–Trinajstić information content (AvgIpc) is 2.84. The molecule has 0 aliphatic carbocycles. The standard InChI is InChI=1S/C15H11BrClFN2O/c1-21-9-5-6-13-12(7-9)19-14(8-17)20(13)15-10(16)3-2-4-11(15)18/h2-7H,8H2,1H3. The predicted molar refractivity (Wildman–Crippen MR) is 84.8 cm³/mol. The Labute approximate surface area is 134 Å². The number of hydrogen-bond donors (Lipinski definition) is 0. The lowest BCUT2D eigenvalue weighted by molar-refractivity contribution is 0.415. The van der Waals surface area contributed by atoms with Gasteiger partial charge in [-0.15, -0.1) is 11.6 Å². The van der Waals surface area contributed by atoms with Gasteiger partial charge in [0.25, 0.3) is 0 Å². The maximum atomic E-state index is 14.3. The molecular weight excluding hydrogens is 359 g/mol. The van der Waals surface area contributed by atoms with E-state index < -0.39 is 0 Å². The van der Waals surface area contributed by atoms with E-state index in [1.54, 1.807) is 29.9 Å². The number of aromatic nitrogens is 2. The summed E-state index contributed by atoms with van der Waals surface area (Å²) in [6.45, 7) is 0. The SMILES string of the molecule is COc1ccc2c(c1)nc(CCl)n2-c1c(F)cccc1Br.